The fraction of sp³-hybridized carbons (Fsp3) is 0.500. The van der Waals surface area contributed by atoms with Gasteiger partial charge in [-0.05, 0) is 136 Å². The Bertz CT molecular complexity index is 2780. The summed E-state index contributed by atoms with van der Waals surface area (Å²) in [6.07, 6.45) is 13.4. The lowest BCUT2D eigenvalue weighted by molar-refractivity contribution is -0.158. The van der Waals surface area contributed by atoms with Crippen molar-refractivity contribution in [2.75, 3.05) is 65.9 Å². The molecule has 24 nitrogen and oxygen atoms in total. The van der Waals surface area contributed by atoms with Crippen molar-refractivity contribution in [2.45, 2.75) is 153 Å². The number of carboxylic acids is 2. The Balaban J connectivity index is 0.000000544. The molecule has 4 amide bonds. The Hall–Kier alpha value is -7.97. The molecule has 0 saturated carbocycles. The van der Waals surface area contributed by atoms with Gasteiger partial charge in [-0.1, -0.05) is 116 Å². The van der Waals surface area contributed by atoms with E-state index in [4.69, 9.17) is 40.8 Å². The fourth-order valence-electron chi connectivity index (χ4n) is 9.06. The number of carbonyl (C=O) groups excluding carboxylic acids is 8. The molecule has 1 heterocycles. The number of carbonyl (C=O) groups is 10. The lowest BCUT2D eigenvalue weighted by Gasteiger charge is -2.18. The Morgan fingerprint density at radius 1 is 0.538 bits per heavy atom. The number of nitrogens with two attached hydrogens (primary N) is 2. The zero-order valence-electron chi connectivity index (χ0n) is 53.2. The van der Waals surface area contributed by atoms with Crippen LogP contribution in [-0.2, 0) is 115 Å². The summed E-state index contributed by atoms with van der Waals surface area (Å²) in [5, 5.41) is 21.6. The molecule has 93 heavy (non-hydrogen) atoms. The number of unbranched alkanes of at least 4 members (excludes halogenated alkanes) is 3. The molecular weight excluding hydrogens is 1220 g/mol. The van der Waals surface area contributed by atoms with Crippen molar-refractivity contribution in [3.05, 3.63) is 143 Å². The van der Waals surface area contributed by atoms with Gasteiger partial charge in [0.15, 0.2) is 5.78 Å². The van der Waals surface area contributed by atoms with Crippen molar-refractivity contribution in [3.63, 3.8) is 0 Å². The van der Waals surface area contributed by atoms with Gasteiger partial charge in [-0.15, -0.1) is 12.4 Å². The van der Waals surface area contributed by atoms with Gasteiger partial charge in [0.1, 0.15) is 32.2 Å². The van der Waals surface area contributed by atoms with Gasteiger partial charge in [0, 0.05) is 32.2 Å². The first-order chi connectivity index (χ1) is 44.5. The Morgan fingerprint density at radius 2 is 0.968 bits per heavy atom. The summed E-state index contributed by atoms with van der Waals surface area (Å²) in [5.41, 5.74) is 22.5. The molecule has 4 aromatic carbocycles. The number of hydrogen-bond donors (Lipinski definition) is 8. The molecule has 0 aliphatic carbocycles. The van der Waals surface area contributed by atoms with Crippen LogP contribution >= 0.6 is 12.4 Å². The number of hydroxylamine groups is 2. The van der Waals surface area contributed by atoms with Gasteiger partial charge in [-0.3, -0.25) is 28.8 Å². The number of carboxylic acid groups (broad SMARTS) is 2. The van der Waals surface area contributed by atoms with E-state index >= 15 is 0 Å². The number of nitrogens with one attached hydrogen (secondary N) is 4. The molecule has 0 unspecified atom stereocenters. The minimum Gasteiger partial charge on any atom is -0.480 e. The lowest BCUT2D eigenvalue weighted by Crippen LogP contribution is -2.42. The quantitative estimate of drug-likeness (QED) is 0.0190. The van der Waals surface area contributed by atoms with E-state index in [1.165, 1.54) is 22.3 Å². The fourth-order valence-corrected chi connectivity index (χ4v) is 9.06. The van der Waals surface area contributed by atoms with E-state index in [-0.39, 0.29) is 114 Å². The first-order valence-corrected chi connectivity index (χ1v) is 31.5. The smallest absolute Gasteiger partial charge is 0.332 e. The minimum absolute atomic E-state index is 0. The maximum Gasteiger partial charge on any atom is 0.332 e. The molecule has 0 radical (unpaired) electrons. The second kappa shape index (κ2) is 51.5. The molecule has 2 atom stereocenters. The van der Waals surface area contributed by atoms with E-state index in [2.05, 4.69) is 79.6 Å². The van der Waals surface area contributed by atoms with Gasteiger partial charge in [0.25, 0.3) is 11.8 Å². The number of hydrogen-bond acceptors (Lipinski definition) is 18. The Labute approximate surface area is 550 Å². The van der Waals surface area contributed by atoms with Crippen molar-refractivity contribution in [1.29, 1.82) is 0 Å². The number of aryl methyl sites for hydroxylation is 4. The maximum atomic E-state index is 12.8. The SMILES string of the molecule is Cl.NCCCC[C@H](N)C(=O)CCCC(=O)ONC(=O)Cc1ccc(CCCCc2ccccc2)cc1.O=C(O)COCCOCC(=O)O.O=C1COCCOCC(=O)N[C@H](C(=O)CCCC(=O)ONC(=O)Cc2ccc(CCCCc3ccccc3)cc2)CCCCN1. The number of ether oxygens (including phenoxy) is 4. The molecule has 512 valence electrons. The normalized spacial score (nSPS) is 13.7. The van der Waals surface area contributed by atoms with Crippen LogP contribution in [-0.4, -0.2) is 147 Å². The standard InChI is InChI=1S/C34H45N3O8.C28H39N3O4.C6H10O6.ClH/c38-30(29-13-6-7-20-35-32(40)24-43-21-22-44-25-33(41)36-29)14-8-15-34(42)45-37-31(39)23-28-18-16-27(17-19-28)12-5-4-11-26-9-2-1-3-10-26;29-20-7-6-13-25(30)26(32)14-8-15-28(34)35-31-27(33)21-24-18-16-23(17-19-24)12-5-4-11-22-9-2-1-3-10-22;7-5(8)3-11-1-2-12-4-6(9)10;/h1-3,9-10,16-19,29H,4-8,11-15,20-25H2,(H,35,40)(H,36,41)(H,37,39);1-3,9-10,16-19,25H,4-8,11-15,20-21,29-30H2,(H,31,33);1-4H2,(H,7,8)(H,9,10);1H/t29-;25-;;/m00../s1. The highest BCUT2D eigenvalue weighted by Crippen LogP contribution is 2.15. The number of halogens is 1. The number of amides is 4. The number of ketones is 2. The van der Waals surface area contributed by atoms with Crippen LogP contribution in [0.25, 0.3) is 0 Å². The first kappa shape index (κ1) is 81.1. The van der Waals surface area contributed by atoms with E-state index in [1.807, 2.05) is 60.7 Å². The summed E-state index contributed by atoms with van der Waals surface area (Å²) >= 11 is 0. The van der Waals surface area contributed by atoms with Crippen molar-refractivity contribution in [1.82, 2.24) is 21.6 Å². The summed E-state index contributed by atoms with van der Waals surface area (Å²) in [7, 11) is 0. The molecule has 25 heteroatoms. The van der Waals surface area contributed by atoms with Crippen LogP contribution in [0.3, 0.4) is 0 Å². The van der Waals surface area contributed by atoms with Gasteiger partial charge < -0.3 is 60.9 Å². The van der Waals surface area contributed by atoms with Gasteiger partial charge >= 0.3 is 23.9 Å². The third-order valence-corrected chi connectivity index (χ3v) is 14.0. The summed E-state index contributed by atoms with van der Waals surface area (Å²) in [6, 6.07) is 35.4. The molecule has 1 saturated heterocycles. The molecule has 10 N–H and O–H groups in total. The molecule has 0 bridgehead atoms. The third-order valence-electron chi connectivity index (χ3n) is 14.0. The average molecular weight is 1320 g/mol. The van der Waals surface area contributed by atoms with Crippen molar-refractivity contribution < 1.29 is 86.8 Å². The van der Waals surface area contributed by atoms with Crippen LogP contribution in [0.2, 0.25) is 0 Å². The first-order valence-electron chi connectivity index (χ1n) is 31.5. The Morgan fingerprint density at radius 3 is 1.42 bits per heavy atom. The summed E-state index contributed by atoms with van der Waals surface area (Å²) in [4.78, 5) is 127. The van der Waals surface area contributed by atoms with Gasteiger partial charge in [-0.25, -0.2) is 19.2 Å². The van der Waals surface area contributed by atoms with Crippen molar-refractivity contribution in [2.24, 2.45) is 11.5 Å². The molecule has 1 aliphatic heterocycles. The summed E-state index contributed by atoms with van der Waals surface area (Å²) in [6.45, 7) is 0.401. The number of benzene rings is 4. The predicted octanol–water partition coefficient (Wildman–Crippen LogP) is 6.10. The van der Waals surface area contributed by atoms with Crippen LogP contribution in [0.1, 0.15) is 136 Å². The molecule has 1 aliphatic rings. The van der Waals surface area contributed by atoms with Crippen LogP contribution in [0, 0.1) is 0 Å². The van der Waals surface area contributed by atoms with E-state index in [0.717, 1.165) is 75.3 Å². The highest BCUT2D eigenvalue weighted by Gasteiger charge is 2.22. The highest BCUT2D eigenvalue weighted by molar-refractivity contribution is 5.90. The highest BCUT2D eigenvalue weighted by atomic mass is 35.5. The van der Waals surface area contributed by atoms with Crippen LogP contribution in [0.5, 0.6) is 0 Å². The number of rotatable bonds is 35. The molecule has 5 rings (SSSR count). The largest absolute Gasteiger partial charge is 0.480 e. The van der Waals surface area contributed by atoms with Gasteiger partial charge in [0.2, 0.25) is 11.8 Å². The molecule has 1 fully saturated rings. The molecule has 0 aromatic heterocycles. The van der Waals surface area contributed by atoms with Crippen molar-refractivity contribution in [3.8, 4) is 0 Å². The lowest BCUT2D eigenvalue weighted by atomic mass is 10.0. The van der Waals surface area contributed by atoms with Crippen LogP contribution < -0.4 is 33.1 Å². The van der Waals surface area contributed by atoms with Gasteiger partial charge in [0.05, 0.1) is 51.4 Å². The summed E-state index contributed by atoms with van der Waals surface area (Å²) in [5.74, 6) is -5.13. The topological polar surface area (TPSA) is 367 Å². The number of Topliss-reactive ketones (excluding diaryl/α,β-unsaturated/α-hetero) is 2. The predicted molar refractivity (Wildman–Crippen MR) is 348 cm³/mol. The van der Waals surface area contributed by atoms with Crippen molar-refractivity contribution >= 4 is 71.5 Å². The molecule has 4 aromatic rings. The van der Waals surface area contributed by atoms with E-state index in [9.17, 15) is 47.9 Å². The maximum absolute atomic E-state index is 12.8. The number of aliphatic carboxylic acids is 2. The van der Waals surface area contributed by atoms with E-state index in [1.54, 1.807) is 0 Å². The van der Waals surface area contributed by atoms with E-state index in [0.29, 0.717) is 45.2 Å². The minimum atomic E-state index is -1.06. The second-order valence-electron chi connectivity index (χ2n) is 21.9. The monoisotopic (exact) mass is 1320 g/mol. The average Bonchev–Trinajstić information content (AvgIpc) is 3.25. The summed E-state index contributed by atoms with van der Waals surface area (Å²) < 4.78 is 19.5. The molecular formula is C68H95ClN6O18. The zero-order valence-corrected chi connectivity index (χ0v) is 54.0. The Kier molecular flexibility index (Phi) is 44.9. The third kappa shape index (κ3) is 42.7. The van der Waals surface area contributed by atoms with Gasteiger partial charge in [-0.2, -0.15) is 11.0 Å². The van der Waals surface area contributed by atoms with E-state index < -0.39 is 66.9 Å². The zero-order chi connectivity index (χ0) is 66.8. The van der Waals surface area contributed by atoms with Crippen LogP contribution in [0.4, 0.5) is 0 Å². The van der Waals surface area contributed by atoms with Crippen LogP contribution in [0.15, 0.2) is 109 Å². The second-order valence-corrected chi connectivity index (χ2v) is 21.9. The molecule has 0 spiro atoms.